The van der Waals surface area contributed by atoms with Crippen LogP contribution >= 0.6 is 23.2 Å². The van der Waals surface area contributed by atoms with Crippen LogP contribution in [0, 0.1) is 11.8 Å². The van der Waals surface area contributed by atoms with Gasteiger partial charge in [0.05, 0.1) is 13.2 Å². The van der Waals surface area contributed by atoms with Crippen LogP contribution in [-0.4, -0.2) is 13.2 Å². The Labute approximate surface area is 180 Å². The predicted molar refractivity (Wildman–Crippen MR) is 121 cm³/mol. The zero-order valence-electron chi connectivity index (χ0n) is 17.4. The second-order valence-corrected chi connectivity index (χ2v) is 8.10. The first-order chi connectivity index (χ1) is 13.5. The monoisotopic (exact) mass is 422 g/mol. The van der Waals surface area contributed by atoms with E-state index in [-0.39, 0.29) is 0 Å². The molecule has 0 heterocycles. The molecule has 0 radical (unpaired) electrons. The minimum atomic E-state index is 0.452. The van der Waals surface area contributed by atoms with Crippen molar-refractivity contribution >= 4 is 23.2 Å². The molecule has 0 aliphatic rings. The Morgan fingerprint density at radius 1 is 0.786 bits per heavy atom. The van der Waals surface area contributed by atoms with Gasteiger partial charge in [0.15, 0.2) is 11.5 Å². The summed E-state index contributed by atoms with van der Waals surface area (Å²) in [4.78, 5) is 0. The van der Waals surface area contributed by atoms with Gasteiger partial charge >= 0.3 is 0 Å². The van der Waals surface area contributed by atoms with Gasteiger partial charge in [-0.2, -0.15) is 0 Å². The molecule has 2 rings (SSSR count). The summed E-state index contributed by atoms with van der Waals surface area (Å²) in [5, 5.41) is 0. The summed E-state index contributed by atoms with van der Waals surface area (Å²) in [5.74, 6) is 3.51. The summed E-state index contributed by atoms with van der Waals surface area (Å²) in [7, 11) is 0. The molecule has 2 aromatic carbocycles. The molecule has 0 bridgehead atoms. The quantitative estimate of drug-likeness (QED) is 0.345. The molecular formula is C24H32Cl2O2. The van der Waals surface area contributed by atoms with E-state index in [1.54, 1.807) is 0 Å². The van der Waals surface area contributed by atoms with E-state index in [0.717, 1.165) is 46.6 Å². The SMILES string of the molecule is CCC(C)COc1ccc(-c2cc(CCl)ccc2CCl)cc1OCC(C)CC. The number of ether oxygens (including phenoxy) is 2. The molecule has 0 aliphatic carbocycles. The number of halogens is 2. The molecule has 0 aliphatic heterocycles. The van der Waals surface area contributed by atoms with Crippen LogP contribution in [0.3, 0.4) is 0 Å². The van der Waals surface area contributed by atoms with Crippen molar-refractivity contribution in [1.29, 1.82) is 0 Å². The van der Waals surface area contributed by atoms with Crippen molar-refractivity contribution in [3.8, 4) is 22.6 Å². The lowest BCUT2D eigenvalue weighted by Gasteiger charge is -2.18. The normalized spacial score (nSPS) is 13.2. The number of rotatable bonds is 11. The zero-order chi connectivity index (χ0) is 20.5. The van der Waals surface area contributed by atoms with Gasteiger partial charge in [-0.1, -0.05) is 58.7 Å². The third kappa shape index (κ3) is 6.32. The van der Waals surface area contributed by atoms with E-state index in [1.165, 1.54) is 0 Å². The summed E-state index contributed by atoms with van der Waals surface area (Å²) in [6.07, 6.45) is 2.17. The highest BCUT2D eigenvalue weighted by molar-refractivity contribution is 6.18. The molecule has 154 valence electrons. The van der Waals surface area contributed by atoms with E-state index in [4.69, 9.17) is 32.7 Å². The van der Waals surface area contributed by atoms with E-state index >= 15 is 0 Å². The van der Waals surface area contributed by atoms with Crippen LogP contribution in [0.2, 0.25) is 0 Å². The fraction of sp³-hybridized carbons (Fsp3) is 0.500. The summed E-state index contributed by atoms with van der Waals surface area (Å²) >= 11 is 12.2. The lowest BCUT2D eigenvalue weighted by Crippen LogP contribution is -2.11. The zero-order valence-corrected chi connectivity index (χ0v) is 18.9. The third-order valence-electron chi connectivity index (χ3n) is 5.17. The molecule has 4 heteroatoms. The van der Waals surface area contributed by atoms with Crippen LogP contribution < -0.4 is 9.47 Å². The molecule has 0 amide bonds. The van der Waals surface area contributed by atoms with E-state index in [2.05, 4.69) is 45.9 Å². The summed E-state index contributed by atoms with van der Waals surface area (Å²) in [6.45, 7) is 10.1. The van der Waals surface area contributed by atoms with E-state index in [1.807, 2.05) is 18.2 Å². The first kappa shape index (κ1) is 22.9. The highest BCUT2D eigenvalue weighted by atomic mass is 35.5. The Morgan fingerprint density at radius 2 is 1.43 bits per heavy atom. The van der Waals surface area contributed by atoms with Gasteiger partial charge in [-0.05, 0) is 52.3 Å². The molecule has 0 fully saturated rings. The molecule has 0 aromatic heterocycles. The maximum atomic E-state index is 6.18. The van der Waals surface area contributed by atoms with Crippen molar-refractivity contribution in [2.45, 2.75) is 52.3 Å². The van der Waals surface area contributed by atoms with Gasteiger partial charge in [0, 0.05) is 11.8 Å². The maximum Gasteiger partial charge on any atom is 0.161 e. The van der Waals surface area contributed by atoms with Crippen molar-refractivity contribution in [2.75, 3.05) is 13.2 Å². The lowest BCUT2D eigenvalue weighted by atomic mass is 9.98. The Kier molecular flexibility index (Phi) is 9.47. The molecule has 2 unspecified atom stereocenters. The number of hydrogen-bond donors (Lipinski definition) is 0. The van der Waals surface area contributed by atoms with Gasteiger partial charge in [-0.3, -0.25) is 0 Å². The van der Waals surface area contributed by atoms with E-state index in [9.17, 15) is 0 Å². The van der Waals surface area contributed by atoms with Crippen molar-refractivity contribution in [1.82, 2.24) is 0 Å². The van der Waals surface area contributed by atoms with Crippen LogP contribution in [0.4, 0.5) is 0 Å². The molecule has 2 nitrogen and oxygen atoms in total. The summed E-state index contributed by atoms with van der Waals surface area (Å²) in [6, 6.07) is 12.3. The van der Waals surface area contributed by atoms with Gasteiger partial charge in [0.1, 0.15) is 0 Å². The summed E-state index contributed by atoms with van der Waals surface area (Å²) in [5.41, 5.74) is 4.31. The maximum absolute atomic E-state index is 6.18. The Morgan fingerprint density at radius 3 is 2.00 bits per heavy atom. The average molecular weight is 423 g/mol. The first-order valence-electron chi connectivity index (χ1n) is 10.2. The highest BCUT2D eigenvalue weighted by Crippen LogP contribution is 2.36. The van der Waals surface area contributed by atoms with Crippen LogP contribution in [0.5, 0.6) is 11.5 Å². The molecule has 2 aromatic rings. The van der Waals surface area contributed by atoms with Gasteiger partial charge in [-0.25, -0.2) is 0 Å². The number of benzene rings is 2. The lowest BCUT2D eigenvalue weighted by molar-refractivity contribution is 0.218. The molecule has 0 N–H and O–H groups in total. The van der Waals surface area contributed by atoms with Gasteiger partial charge in [-0.15, -0.1) is 23.2 Å². The Bertz CT molecular complexity index is 745. The van der Waals surface area contributed by atoms with E-state index < -0.39 is 0 Å². The van der Waals surface area contributed by atoms with Crippen molar-refractivity contribution in [3.05, 3.63) is 47.5 Å². The predicted octanol–water partition coefficient (Wildman–Crippen LogP) is 7.68. The average Bonchev–Trinajstić information content (AvgIpc) is 2.75. The molecule has 0 spiro atoms. The minimum Gasteiger partial charge on any atom is -0.489 e. The van der Waals surface area contributed by atoms with Crippen LogP contribution in [0.1, 0.15) is 51.7 Å². The van der Waals surface area contributed by atoms with Crippen LogP contribution in [-0.2, 0) is 11.8 Å². The van der Waals surface area contributed by atoms with Gasteiger partial charge in [0.25, 0.3) is 0 Å². The summed E-state index contributed by atoms with van der Waals surface area (Å²) < 4.78 is 12.2. The second kappa shape index (κ2) is 11.6. The Balaban J connectivity index is 2.38. The van der Waals surface area contributed by atoms with Crippen molar-refractivity contribution < 1.29 is 9.47 Å². The number of alkyl halides is 2. The minimum absolute atomic E-state index is 0.452. The molecule has 0 saturated heterocycles. The smallest absolute Gasteiger partial charge is 0.161 e. The van der Waals surface area contributed by atoms with Crippen LogP contribution in [0.25, 0.3) is 11.1 Å². The topological polar surface area (TPSA) is 18.5 Å². The van der Waals surface area contributed by atoms with Crippen LogP contribution in [0.15, 0.2) is 36.4 Å². The van der Waals surface area contributed by atoms with E-state index in [0.29, 0.717) is 36.8 Å². The third-order valence-corrected chi connectivity index (χ3v) is 5.76. The fourth-order valence-electron chi connectivity index (χ4n) is 2.70. The molecular weight excluding hydrogens is 391 g/mol. The van der Waals surface area contributed by atoms with Crippen molar-refractivity contribution in [2.24, 2.45) is 11.8 Å². The molecule has 28 heavy (non-hydrogen) atoms. The number of hydrogen-bond acceptors (Lipinski definition) is 2. The molecule has 2 atom stereocenters. The first-order valence-corrected chi connectivity index (χ1v) is 11.2. The standard InChI is InChI=1S/C24H32Cl2O2/c1-5-17(3)15-27-23-10-9-20(12-24(23)28-16-18(4)6-2)22-11-19(13-25)7-8-21(22)14-26/h7-12,17-18H,5-6,13-16H2,1-4H3. The highest BCUT2D eigenvalue weighted by Gasteiger charge is 2.13. The van der Waals surface area contributed by atoms with Crippen molar-refractivity contribution in [3.63, 3.8) is 0 Å². The second-order valence-electron chi connectivity index (χ2n) is 7.57. The Hall–Kier alpha value is -1.38. The van der Waals surface area contributed by atoms with Gasteiger partial charge in [0.2, 0.25) is 0 Å². The molecule has 0 saturated carbocycles. The van der Waals surface area contributed by atoms with Gasteiger partial charge < -0.3 is 9.47 Å². The largest absolute Gasteiger partial charge is 0.489 e. The fourth-order valence-corrected chi connectivity index (χ4v) is 3.10.